The van der Waals surface area contributed by atoms with Crippen LogP contribution in [0.5, 0.6) is 0 Å². The number of hydrogen-bond acceptors (Lipinski definition) is 3. The summed E-state index contributed by atoms with van der Waals surface area (Å²) in [7, 11) is 0. The molecule has 0 fully saturated rings. The van der Waals surface area contributed by atoms with Gasteiger partial charge in [0, 0.05) is 19.3 Å². The van der Waals surface area contributed by atoms with Crippen molar-refractivity contribution in [3.05, 3.63) is 29.0 Å². The van der Waals surface area contributed by atoms with E-state index >= 15 is 0 Å². The molecule has 1 rings (SSSR count). The van der Waals surface area contributed by atoms with E-state index in [0.717, 1.165) is 13.1 Å². The van der Waals surface area contributed by atoms with Crippen LogP contribution in [0.15, 0.2) is 18.3 Å². The van der Waals surface area contributed by atoms with E-state index in [0.29, 0.717) is 17.3 Å². The molecule has 0 unspecified atom stereocenters. The molecule has 0 radical (unpaired) electrons. The highest BCUT2D eigenvalue weighted by atomic mass is 35.5. The Morgan fingerprint density at radius 1 is 1.35 bits per heavy atom. The molecule has 1 heterocycles. The van der Waals surface area contributed by atoms with Crippen LogP contribution in [0.2, 0.25) is 5.02 Å². The summed E-state index contributed by atoms with van der Waals surface area (Å²) in [5.74, 6) is -0.176. The topological polar surface area (TPSA) is 54.0 Å². The van der Waals surface area contributed by atoms with Gasteiger partial charge in [-0.1, -0.05) is 18.5 Å². The fourth-order valence-corrected chi connectivity index (χ4v) is 1.15. The SMILES string of the molecule is CCNCCNC(=O)c1ccc(Cl)cn1.Cl.Cl. The molecular formula is C10H16Cl3N3O. The van der Waals surface area contributed by atoms with Gasteiger partial charge in [-0.15, -0.1) is 24.8 Å². The van der Waals surface area contributed by atoms with Gasteiger partial charge in [-0.3, -0.25) is 4.79 Å². The minimum Gasteiger partial charge on any atom is -0.349 e. The normalized spacial score (nSPS) is 8.82. The summed E-state index contributed by atoms with van der Waals surface area (Å²) in [5, 5.41) is 6.38. The minimum atomic E-state index is -0.176. The Bertz CT molecular complexity index is 319. The summed E-state index contributed by atoms with van der Waals surface area (Å²) in [5.41, 5.74) is 0.385. The predicted octanol–water partition coefficient (Wildman–Crippen LogP) is 1.92. The Hall–Kier alpha value is -0.550. The summed E-state index contributed by atoms with van der Waals surface area (Å²) < 4.78 is 0. The Balaban J connectivity index is 0. The maximum absolute atomic E-state index is 11.5. The third-order valence-electron chi connectivity index (χ3n) is 1.80. The number of carbonyl (C=O) groups excluding carboxylic acids is 1. The highest BCUT2D eigenvalue weighted by Crippen LogP contribution is 2.05. The van der Waals surface area contributed by atoms with Gasteiger partial charge in [0.25, 0.3) is 5.91 Å². The number of hydrogen-bond donors (Lipinski definition) is 2. The predicted molar refractivity (Wildman–Crippen MR) is 74.6 cm³/mol. The molecule has 0 spiro atoms. The van der Waals surface area contributed by atoms with Crippen LogP contribution >= 0.6 is 36.4 Å². The van der Waals surface area contributed by atoms with Crippen molar-refractivity contribution in [2.45, 2.75) is 6.92 Å². The molecule has 4 nitrogen and oxygen atoms in total. The molecule has 0 saturated carbocycles. The van der Waals surface area contributed by atoms with Crippen LogP contribution in [0.3, 0.4) is 0 Å². The van der Waals surface area contributed by atoms with Gasteiger partial charge in [-0.05, 0) is 18.7 Å². The van der Waals surface area contributed by atoms with Gasteiger partial charge >= 0.3 is 0 Å². The van der Waals surface area contributed by atoms with Gasteiger partial charge in [0.15, 0.2) is 0 Å². The fraction of sp³-hybridized carbons (Fsp3) is 0.400. The van der Waals surface area contributed by atoms with Crippen molar-refractivity contribution in [3.63, 3.8) is 0 Å². The lowest BCUT2D eigenvalue weighted by Gasteiger charge is -2.04. The molecule has 1 amide bonds. The van der Waals surface area contributed by atoms with Gasteiger partial charge in [0.05, 0.1) is 5.02 Å². The second-order valence-corrected chi connectivity index (χ2v) is 3.41. The van der Waals surface area contributed by atoms with E-state index in [4.69, 9.17) is 11.6 Å². The van der Waals surface area contributed by atoms with Crippen molar-refractivity contribution < 1.29 is 4.79 Å². The van der Waals surface area contributed by atoms with Crippen molar-refractivity contribution in [2.75, 3.05) is 19.6 Å². The summed E-state index contributed by atoms with van der Waals surface area (Å²) >= 11 is 5.66. The molecule has 98 valence electrons. The average Bonchev–Trinajstić information content (AvgIpc) is 2.25. The molecule has 0 aliphatic heterocycles. The Kier molecular flexibility index (Phi) is 11.7. The molecule has 1 aromatic heterocycles. The second-order valence-electron chi connectivity index (χ2n) is 2.97. The highest BCUT2D eigenvalue weighted by Gasteiger charge is 2.04. The van der Waals surface area contributed by atoms with Crippen molar-refractivity contribution >= 4 is 42.3 Å². The summed E-state index contributed by atoms with van der Waals surface area (Å²) in [6.45, 7) is 4.27. The number of nitrogens with zero attached hydrogens (tertiary/aromatic N) is 1. The summed E-state index contributed by atoms with van der Waals surface area (Å²) in [6.07, 6.45) is 1.46. The number of likely N-dealkylation sites (N-methyl/N-ethyl adjacent to an activating group) is 1. The fourth-order valence-electron chi connectivity index (χ4n) is 1.04. The van der Waals surface area contributed by atoms with Crippen LogP contribution in [-0.4, -0.2) is 30.5 Å². The van der Waals surface area contributed by atoms with Crippen LogP contribution in [0.4, 0.5) is 0 Å². The lowest BCUT2D eigenvalue weighted by molar-refractivity contribution is 0.0949. The Labute approximate surface area is 118 Å². The molecule has 0 aromatic carbocycles. The van der Waals surface area contributed by atoms with Gasteiger partial charge in [-0.25, -0.2) is 4.98 Å². The number of carbonyl (C=O) groups is 1. The van der Waals surface area contributed by atoms with E-state index in [9.17, 15) is 4.79 Å². The molecule has 0 saturated heterocycles. The molecule has 17 heavy (non-hydrogen) atoms. The number of aromatic nitrogens is 1. The number of amides is 1. The van der Waals surface area contributed by atoms with Gasteiger partial charge in [-0.2, -0.15) is 0 Å². The third kappa shape index (κ3) is 7.39. The van der Waals surface area contributed by atoms with E-state index in [-0.39, 0.29) is 30.7 Å². The largest absolute Gasteiger partial charge is 0.349 e. The molecule has 0 bridgehead atoms. The molecule has 2 N–H and O–H groups in total. The molecular weight excluding hydrogens is 284 g/mol. The maximum atomic E-state index is 11.5. The molecule has 0 aliphatic carbocycles. The van der Waals surface area contributed by atoms with Crippen molar-refractivity contribution in [1.82, 2.24) is 15.6 Å². The zero-order valence-corrected chi connectivity index (χ0v) is 11.8. The Morgan fingerprint density at radius 3 is 2.59 bits per heavy atom. The zero-order chi connectivity index (χ0) is 11.1. The van der Waals surface area contributed by atoms with Gasteiger partial charge in [0.1, 0.15) is 5.69 Å². The lowest BCUT2D eigenvalue weighted by Crippen LogP contribution is -2.32. The molecule has 7 heteroatoms. The van der Waals surface area contributed by atoms with Gasteiger partial charge < -0.3 is 10.6 Å². The van der Waals surface area contributed by atoms with E-state index in [1.165, 1.54) is 6.20 Å². The van der Waals surface area contributed by atoms with Crippen molar-refractivity contribution in [3.8, 4) is 0 Å². The number of nitrogens with one attached hydrogen (secondary N) is 2. The summed E-state index contributed by atoms with van der Waals surface area (Å²) in [4.78, 5) is 15.4. The molecule has 1 aromatic rings. The van der Waals surface area contributed by atoms with Crippen LogP contribution in [0, 0.1) is 0 Å². The Morgan fingerprint density at radius 2 is 2.06 bits per heavy atom. The quantitative estimate of drug-likeness (QED) is 0.817. The summed E-state index contributed by atoms with van der Waals surface area (Å²) in [6, 6.07) is 3.25. The average molecular weight is 301 g/mol. The first-order chi connectivity index (χ1) is 7.24. The molecule has 0 atom stereocenters. The van der Waals surface area contributed by atoms with E-state index in [2.05, 4.69) is 15.6 Å². The van der Waals surface area contributed by atoms with Crippen LogP contribution in [-0.2, 0) is 0 Å². The number of pyridine rings is 1. The van der Waals surface area contributed by atoms with Crippen molar-refractivity contribution in [2.24, 2.45) is 0 Å². The minimum absolute atomic E-state index is 0. The third-order valence-corrected chi connectivity index (χ3v) is 2.02. The van der Waals surface area contributed by atoms with E-state index in [1.807, 2.05) is 6.92 Å². The lowest BCUT2D eigenvalue weighted by atomic mass is 10.3. The first-order valence-electron chi connectivity index (χ1n) is 4.84. The number of halogens is 3. The maximum Gasteiger partial charge on any atom is 0.269 e. The first kappa shape index (κ1) is 18.8. The van der Waals surface area contributed by atoms with E-state index < -0.39 is 0 Å². The number of rotatable bonds is 5. The van der Waals surface area contributed by atoms with E-state index in [1.54, 1.807) is 12.1 Å². The van der Waals surface area contributed by atoms with Crippen molar-refractivity contribution in [1.29, 1.82) is 0 Å². The monoisotopic (exact) mass is 299 g/mol. The van der Waals surface area contributed by atoms with Crippen LogP contribution < -0.4 is 10.6 Å². The zero-order valence-electron chi connectivity index (χ0n) is 9.40. The smallest absolute Gasteiger partial charge is 0.269 e. The standard InChI is InChI=1S/C10H14ClN3O.2ClH/c1-2-12-5-6-13-10(15)9-4-3-8(11)7-14-9;;/h3-4,7,12H,2,5-6H2,1H3,(H,13,15);2*1H. The first-order valence-corrected chi connectivity index (χ1v) is 5.22. The second kappa shape index (κ2) is 10.6. The molecule has 0 aliphatic rings. The highest BCUT2D eigenvalue weighted by molar-refractivity contribution is 6.30. The van der Waals surface area contributed by atoms with Gasteiger partial charge in [0.2, 0.25) is 0 Å². The van der Waals surface area contributed by atoms with Crippen LogP contribution in [0.25, 0.3) is 0 Å². The van der Waals surface area contributed by atoms with Crippen LogP contribution in [0.1, 0.15) is 17.4 Å².